The predicted molar refractivity (Wildman–Crippen MR) is 98.8 cm³/mol. The molecule has 0 aliphatic carbocycles. The summed E-state index contributed by atoms with van der Waals surface area (Å²) in [6.45, 7) is 4.39. The topological polar surface area (TPSA) is 72.1 Å². The summed E-state index contributed by atoms with van der Waals surface area (Å²) in [5, 5.41) is 0.951. The molecule has 1 aliphatic rings. The van der Waals surface area contributed by atoms with Gasteiger partial charge < -0.3 is 4.42 Å². The van der Waals surface area contributed by atoms with E-state index in [1.807, 2.05) is 19.1 Å². The zero-order valence-electron chi connectivity index (χ0n) is 14.9. The van der Waals surface area contributed by atoms with Crippen molar-refractivity contribution in [2.45, 2.75) is 32.6 Å². The van der Waals surface area contributed by atoms with Crippen LogP contribution in [-0.4, -0.2) is 45.3 Å². The number of hydrogen-bond acceptors (Lipinski definition) is 6. The Labute approximate surface area is 152 Å². The molecule has 0 spiro atoms. The number of fused-ring (bicyclic) bond motifs is 1. The van der Waals surface area contributed by atoms with Gasteiger partial charge in [0.1, 0.15) is 0 Å². The number of likely N-dealkylation sites (tertiary alicyclic amines) is 1. The maximum absolute atomic E-state index is 12.4. The Kier molecular flexibility index (Phi) is 4.75. The summed E-state index contributed by atoms with van der Waals surface area (Å²) in [4.78, 5) is 27.6. The predicted octanol–water partition coefficient (Wildman–Crippen LogP) is 3.19. The number of oxazole rings is 1. The van der Waals surface area contributed by atoms with E-state index in [1.54, 1.807) is 18.6 Å². The summed E-state index contributed by atoms with van der Waals surface area (Å²) < 4.78 is 5.57. The molecule has 0 aromatic carbocycles. The number of carbonyl (C=O) groups is 1. The van der Waals surface area contributed by atoms with Crippen molar-refractivity contribution in [2.24, 2.45) is 0 Å². The van der Waals surface area contributed by atoms with E-state index < -0.39 is 0 Å². The van der Waals surface area contributed by atoms with E-state index >= 15 is 0 Å². The first-order chi connectivity index (χ1) is 12.7. The molecule has 0 unspecified atom stereocenters. The van der Waals surface area contributed by atoms with Gasteiger partial charge >= 0.3 is 0 Å². The molecule has 6 nitrogen and oxygen atoms in total. The zero-order chi connectivity index (χ0) is 17.9. The Morgan fingerprint density at radius 1 is 1.08 bits per heavy atom. The van der Waals surface area contributed by atoms with Gasteiger partial charge in [0.2, 0.25) is 0 Å². The molecule has 0 amide bonds. The van der Waals surface area contributed by atoms with Crippen molar-refractivity contribution in [1.29, 1.82) is 0 Å². The SMILES string of the molecule is Cc1ncc(-c2cnc3cnc(CC(=O)CN4CCCCC4)cc3c2)o1. The maximum Gasteiger partial charge on any atom is 0.191 e. The number of aromatic nitrogens is 3. The van der Waals surface area contributed by atoms with Crippen molar-refractivity contribution in [3.05, 3.63) is 42.3 Å². The number of piperidine rings is 1. The van der Waals surface area contributed by atoms with E-state index in [0.717, 1.165) is 35.2 Å². The molecule has 1 aliphatic heterocycles. The van der Waals surface area contributed by atoms with Crippen LogP contribution in [0.4, 0.5) is 0 Å². The minimum absolute atomic E-state index is 0.216. The van der Waals surface area contributed by atoms with E-state index in [2.05, 4.69) is 19.9 Å². The zero-order valence-corrected chi connectivity index (χ0v) is 14.9. The fourth-order valence-corrected chi connectivity index (χ4v) is 3.43. The van der Waals surface area contributed by atoms with Crippen LogP contribution >= 0.6 is 0 Å². The average Bonchev–Trinajstić information content (AvgIpc) is 3.08. The fourth-order valence-electron chi connectivity index (χ4n) is 3.43. The third-order valence-electron chi connectivity index (χ3n) is 4.76. The Bertz CT molecular complexity index is 928. The van der Waals surface area contributed by atoms with E-state index in [0.29, 0.717) is 24.6 Å². The first kappa shape index (κ1) is 16.8. The normalized spacial score (nSPS) is 15.4. The van der Waals surface area contributed by atoms with Gasteiger partial charge in [0.05, 0.1) is 30.9 Å². The molecule has 134 valence electrons. The molecule has 3 aromatic heterocycles. The molecule has 26 heavy (non-hydrogen) atoms. The van der Waals surface area contributed by atoms with E-state index in [4.69, 9.17) is 4.42 Å². The molecule has 0 saturated carbocycles. The highest BCUT2D eigenvalue weighted by Crippen LogP contribution is 2.23. The summed E-state index contributed by atoms with van der Waals surface area (Å²) in [5.74, 6) is 1.53. The van der Waals surface area contributed by atoms with Gasteiger partial charge in [-0.25, -0.2) is 4.98 Å². The highest BCUT2D eigenvalue weighted by Gasteiger charge is 2.15. The number of carbonyl (C=O) groups excluding carboxylic acids is 1. The number of pyridine rings is 2. The molecule has 0 atom stereocenters. The Morgan fingerprint density at radius 2 is 1.92 bits per heavy atom. The standard InChI is InChI=1S/C20H22N4O2/c1-14-21-12-20(26-14)16-7-15-8-17(22-11-19(15)23-10-16)9-18(25)13-24-5-3-2-4-6-24/h7-8,10-12H,2-6,9,13H2,1H3. The molecule has 0 bridgehead atoms. The highest BCUT2D eigenvalue weighted by molar-refractivity contribution is 5.85. The summed E-state index contributed by atoms with van der Waals surface area (Å²) in [6.07, 6.45) is 9.20. The molecule has 1 saturated heterocycles. The lowest BCUT2D eigenvalue weighted by atomic mass is 10.1. The molecular weight excluding hydrogens is 328 g/mol. The van der Waals surface area contributed by atoms with Crippen molar-refractivity contribution >= 4 is 16.7 Å². The van der Waals surface area contributed by atoms with Crippen LogP contribution in [-0.2, 0) is 11.2 Å². The van der Waals surface area contributed by atoms with Gasteiger partial charge in [-0.15, -0.1) is 0 Å². The van der Waals surface area contributed by atoms with Crippen molar-refractivity contribution in [2.75, 3.05) is 19.6 Å². The van der Waals surface area contributed by atoms with Gasteiger partial charge in [-0.05, 0) is 38.1 Å². The lowest BCUT2D eigenvalue weighted by Crippen LogP contribution is -2.35. The summed E-state index contributed by atoms with van der Waals surface area (Å²) >= 11 is 0. The van der Waals surface area contributed by atoms with Crippen LogP contribution in [0, 0.1) is 6.92 Å². The Balaban J connectivity index is 1.51. The van der Waals surface area contributed by atoms with Crippen LogP contribution < -0.4 is 0 Å². The number of nitrogens with zero attached hydrogens (tertiary/aromatic N) is 4. The van der Waals surface area contributed by atoms with Crippen LogP contribution in [0.3, 0.4) is 0 Å². The van der Waals surface area contributed by atoms with Crippen molar-refractivity contribution in [3.8, 4) is 11.3 Å². The first-order valence-electron chi connectivity index (χ1n) is 9.09. The maximum atomic E-state index is 12.4. The number of ketones is 1. The summed E-state index contributed by atoms with van der Waals surface area (Å²) in [7, 11) is 0. The fraction of sp³-hybridized carbons (Fsp3) is 0.400. The van der Waals surface area contributed by atoms with Gasteiger partial charge in [0.25, 0.3) is 0 Å². The number of hydrogen-bond donors (Lipinski definition) is 0. The van der Waals surface area contributed by atoms with Gasteiger partial charge in [0.15, 0.2) is 17.4 Å². The van der Waals surface area contributed by atoms with Crippen LogP contribution in [0.25, 0.3) is 22.2 Å². The minimum Gasteiger partial charge on any atom is -0.441 e. The van der Waals surface area contributed by atoms with Crippen LogP contribution in [0.5, 0.6) is 0 Å². The molecule has 4 rings (SSSR count). The lowest BCUT2D eigenvalue weighted by molar-refractivity contribution is -0.119. The number of aryl methyl sites for hydroxylation is 1. The Hall–Kier alpha value is -2.60. The average molecular weight is 350 g/mol. The van der Waals surface area contributed by atoms with E-state index in [1.165, 1.54) is 19.3 Å². The van der Waals surface area contributed by atoms with Crippen LogP contribution in [0.2, 0.25) is 0 Å². The molecule has 1 fully saturated rings. The minimum atomic E-state index is 0.216. The third-order valence-corrected chi connectivity index (χ3v) is 4.76. The van der Waals surface area contributed by atoms with Crippen LogP contribution in [0.15, 0.2) is 35.1 Å². The molecule has 0 N–H and O–H groups in total. The Morgan fingerprint density at radius 3 is 2.69 bits per heavy atom. The molecule has 4 heterocycles. The number of rotatable bonds is 5. The monoisotopic (exact) mass is 350 g/mol. The highest BCUT2D eigenvalue weighted by atomic mass is 16.4. The van der Waals surface area contributed by atoms with Gasteiger partial charge in [-0.2, -0.15) is 0 Å². The lowest BCUT2D eigenvalue weighted by Gasteiger charge is -2.25. The third kappa shape index (κ3) is 3.80. The first-order valence-corrected chi connectivity index (χ1v) is 9.09. The second-order valence-corrected chi connectivity index (χ2v) is 6.89. The van der Waals surface area contributed by atoms with Crippen molar-refractivity contribution < 1.29 is 9.21 Å². The van der Waals surface area contributed by atoms with Gasteiger partial charge in [-0.1, -0.05) is 6.42 Å². The van der Waals surface area contributed by atoms with Gasteiger partial charge in [0, 0.05) is 29.8 Å². The molecule has 6 heteroatoms. The summed E-state index contributed by atoms with van der Waals surface area (Å²) in [6, 6.07) is 3.95. The molecule has 3 aromatic rings. The smallest absolute Gasteiger partial charge is 0.191 e. The summed E-state index contributed by atoms with van der Waals surface area (Å²) in [5.41, 5.74) is 2.46. The van der Waals surface area contributed by atoms with Crippen molar-refractivity contribution in [1.82, 2.24) is 19.9 Å². The quantitative estimate of drug-likeness (QED) is 0.704. The largest absolute Gasteiger partial charge is 0.441 e. The number of Topliss-reactive ketones (excluding diaryl/α,β-unsaturated/α-hetero) is 1. The van der Waals surface area contributed by atoms with Crippen molar-refractivity contribution in [3.63, 3.8) is 0 Å². The van der Waals surface area contributed by atoms with Gasteiger partial charge in [-0.3, -0.25) is 19.7 Å². The second kappa shape index (κ2) is 7.33. The molecule has 0 radical (unpaired) electrons. The molecular formula is C20H22N4O2. The van der Waals surface area contributed by atoms with E-state index in [9.17, 15) is 4.79 Å². The second-order valence-electron chi connectivity index (χ2n) is 6.89. The van der Waals surface area contributed by atoms with E-state index in [-0.39, 0.29) is 5.78 Å². The van der Waals surface area contributed by atoms with Crippen LogP contribution in [0.1, 0.15) is 30.8 Å².